The summed E-state index contributed by atoms with van der Waals surface area (Å²) in [5, 5.41) is 12.2. The predicted molar refractivity (Wildman–Crippen MR) is 96.6 cm³/mol. The minimum absolute atomic E-state index is 0.172. The van der Waals surface area contributed by atoms with E-state index in [1.54, 1.807) is 25.1 Å². The second-order valence-corrected chi connectivity index (χ2v) is 7.67. The van der Waals surface area contributed by atoms with Crippen LogP contribution in [0.3, 0.4) is 0 Å². The van der Waals surface area contributed by atoms with Crippen molar-refractivity contribution in [2.24, 2.45) is 0 Å². The average molecular weight is 432 g/mol. The largest absolute Gasteiger partial charge is 0.391 e. The maximum Gasteiger partial charge on any atom is 0.312 e. The van der Waals surface area contributed by atoms with Crippen LogP contribution in [-0.2, 0) is 10.1 Å². The van der Waals surface area contributed by atoms with Crippen molar-refractivity contribution in [3.8, 4) is 0 Å². The van der Waals surface area contributed by atoms with Gasteiger partial charge in [0, 0.05) is 13.2 Å². The van der Waals surface area contributed by atoms with E-state index < -0.39 is 21.2 Å². The fraction of sp³-hybridized carbons (Fsp3) is 0.357. The number of likely N-dealkylation sites (N-methyl/N-ethyl adjacent to an activating group) is 1. The van der Waals surface area contributed by atoms with E-state index in [4.69, 9.17) is 4.55 Å². The zero-order chi connectivity index (χ0) is 18.8. The molecule has 0 saturated carbocycles. The lowest BCUT2D eigenvalue weighted by Crippen LogP contribution is -2.38. The average Bonchev–Trinajstić information content (AvgIpc) is 2.55. The van der Waals surface area contributed by atoms with E-state index in [0.29, 0.717) is 16.0 Å². The van der Waals surface area contributed by atoms with Gasteiger partial charge in [-0.25, -0.2) is 9.97 Å². The number of aromatic nitrogens is 3. The molecule has 2 atom stereocenters. The number of hydrogen-bond donors (Lipinski definition) is 3. The molecule has 0 fully saturated rings. The van der Waals surface area contributed by atoms with Crippen LogP contribution in [0.25, 0.3) is 0 Å². The van der Waals surface area contributed by atoms with Gasteiger partial charge in [0.25, 0.3) is 0 Å². The lowest BCUT2D eigenvalue weighted by atomic mass is 10.2. The zero-order valence-electron chi connectivity index (χ0n) is 13.8. The molecule has 9 nitrogen and oxygen atoms in total. The molecule has 2 rings (SSSR count). The second-order valence-electron chi connectivity index (χ2n) is 5.44. The summed E-state index contributed by atoms with van der Waals surface area (Å²) < 4.78 is 31.6. The van der Waals surface area contributed by atoms with Crippen LogP contribution in [0.1, 0.15) is 13.8 Å². The van der Waals surface area contributed by atoms with E-state index in [0.717, 1.165) is 0 Å². The van der Waals surface area contributed by atoms with Gasteiger partial charge in [0.15, 0.2) is 5.03 Å². The lowest BCUT2D eigenvalue weighted by Gasteiger charge is -2.28. The second kappa shape index (κ2) is 7.60. The Hall–Kier alpha value is -1.82. The summed E-state index contributed by atoms with van der Waals surface area (Å²) in [5.74, 6) is 0.845. The highest BCUT2D eigenvalue weighted by Gasteiger charge is 2.19. The Labute approximate surface area is 154 Å². The quantitative estimate of drug-likeness (QED) is 0.586. The molecule has 3 N–H and O–H groups in total. The van der Waals surface area contributed by atoms with Gasteiger partial charge in [0.2, 0.25) is 5.95 Å². The van der Waals surface area contributed by atoms with Crippen molar-refractivity contribution < 1.29 is 18.1 Å². The summed E-state index contributed by atoms with van der Waals surface area (Å²) >= 11 is 3.38. The first kappa shape index (κ1) is 19.5. The Kier molecular flexibility index (Phi) is 5.93. The maximum absolute atomic E-state index is 11.0. The Morgan fingerprint density at radius 1 is 1.24 bits per heavy atom. The van der Waals surface area contributed by atoms with Gasteiger partial charge in [-0.2, -0.15) is 13.4 Å². The Balaban J connectivity index is 2.25. The fourth-order valence-electron chi connectivity index (χ4n) is 1.92. The van der Waals surface area contributed by atoms with Crippen molar-refractivity contribution in [2.75, 3.05) is 17.3 Å². The Bertz CT molecular complexity index is 845. The molecule has 0 radical (unpaired) electrons. The molecule has 2 unspecified atom stereocenters. The van der Waals surface area contributed by atoms with Gasteiger partial charge < -0.3 is 15.3 Å². The Morgan fingerprint density at radius 3 is 2.44 bits per heavy atom. The molecule has 0 saturated heterocycles. The van der Waals surface area contributed by atoms with Crippen LogP contribution in [-0.4, -0.2) is 52.2 Å². The molecule has 136 valence electrons. The summed E-state index contributed by atoms with van der Waals surface area (Å²) in [6.45, 7) is 3.56. The first-order chi connectivity index (χ1) is 11.6. The van der Waals surface area contributed by atoms with Crippen LogP contribution in [0.5, 0.6) is 0 Å². The molecular formula is C14H18BrN5O4S. The number of nitrogens with zero attached hydrogens (tertiary/aromatic N) is 4. The molecule has 0 spiro atoms. The predicted octanol–water partition coefficient (Wildman–Crippen LogP) is 1.83. The number of anilines is 3. The summed E-state index contributed by atoms with van der Waals surface area (Å²) in [7, 11) is -2.54. The van der Waals surface area contributed by atoms with E-state index in [1.807, 2.05) is 6.92 Å². The molecule has 0 aliphatic carbocycles. The van der Waals surface area contributed by atoms with E-state index in [2.05, 4.69) is 36.2 Å². The van der Waals surface area contributed by atoms with Gasteiger partial charge in [-0.1, -0.05) is 0 Å². The molecule has 0 aliphatic heterocycles. The monoisotopic (exact) mass is 431 g/mol. The van der Waals surface area contributed by atoms with E-state index in [-0.39, 0.29) is 12.0 Å². The molecule has 0 aliphatic rings. The number of hydrogen-bond acceptors (Lipinski definition) is 8. The van der Waals surface area contributed by atoms with Crippen LogP contribution in [0.2, 0.25) is 0 Å². The molecule has 2 aromatic rings. The highest BCUT2D eigenvalue weighted by molar-refractivity contribution is 9.10. The van der Waals surface area contributed by atoms with Crippen molar-refractivity contribution in [2.45, 2.75) is 31.0 Å². The summed E-state index contributed by atoms with van der Waals surface area (Å²) in [6.07, 6.45) is 2.26. The van der Waals surface area contributed by atoms with E-state index >= 15 is 0 Å². The molecular weight excluding hydrogens is 414 g/mol. The number of halogens is 1. The number of pyridine rings is 1. The van der Waals surface area contributed by atoms with Gasteiger partial charge >= 0.3 is 10.1 Å². The topological polar surface area (TPSA) is 129 Å². The minimum atomic E-state index is -4.34. The van der Waals surface area contributed by atoms with Crippen LogP contribution in [0.15, 0.2) is 34.0 Å². The number of rotatable bonds is 6. The first-order valence-corrected chi connectivity index (χ1v) is 9.47. The third-order valence-corrected chi connectivity index (χ3v) is 4.95. The van der Waals surface area contributed by atoms with Crippen molar-refractivity contribution in [3.63, 3.8) is 0 Å². The molecule has 2 aromatic heterocycles. The Morgan fingerprint density at radius 2 is 1.92 bits per heavy atom. The highest BCUT2D eigenvalue weighted by Crippen LogP contribution is 2.26. The smallest absolute Gasteiger partial charge is 0.312 e. The standard InChI is InChI=1S/C14H18BrN5O4S/c1-8(9(2)21)20(3)13-11(15)7-17-14(19-13)18-10-4-5-12(16-6-10)25(22,23)24/h4-9,21H,1-3H3,(H,17,18,19)(H,22,23,24). The highest BCUT2D eigenvalue weighted by atomic mass is 79.9. The minimum Gasteiger partial charge on any atom is -0.391 e. The molecule has 25 heavy (non-hydrogen) atoms. The molecule has 2 heterocycles. The molecule has 11 heteroatoms. The van der Waals surface area contributed by atoms with Crippen LogP contribution in [0, 0.1) is 0 Å². The van der Waals surface area contributed by atoms with Crippen LogP contribution >= 0.6 is 15.9 Å². The van der Waals surface area contributed by atoms with Gasteiger partial charge in [-0.15, -0.1) is 0 Å². The lowest BCUT2D eigenvalue weighted by molar-refractivity contribution is 0.167. The third-order valence-electron chi connectivity index (χ3n) is 3.63. The molecule has 0 aromatic carbocycles. The first-order valence-electron chi connectivity index (χ1n) is 7.23. The summed E-state index contributed by atoms with van der Waals surface area (Å²) in [5.41, 5.74) is 0.451. The van der Waals surface area contributed by atoms with Crippen LogP contribution < -0.4 is 10.2 Å². The molecule has 0 bridgehead atoms. The number of aliphatic hydroxyl groups excluding tert-OH is 1. The third kappa shape index (κ3) is 4.84. The fourth-order valence-corrected chi connectivity index (χ4v) is 2.81. The number of aliphatic hydroxyl groups is 1. The summed E-state index contributed by atoms with van der Waals surface area (Å²) in [4.78, 5) is 14.0. The maximum atomic E-state index is 11.0. The van der Waals surface area contributed by atoms with Gasteiger partial charge in [0.05, 0.1) is 28.5 Å². The van der Waals surface area contributed by atoms with Crippen LogP contribution in [0.4, 0.5) is 17.5 Å². The summed E-state index contributed by atoms with van der Waals surface area (Å²) in [6, 6.07) is 2.43. The number of nitrogens with one attached hydrogen (secondary N) is 1. The van der Waals surface area contributed by atoms with Crippen molar-refractivity contribution >= 4 is 43.5 Å². The van der Waals surface area contributed by atoms with Gasteiger partial charge in [0.1, 0.15) is 5.82 Å². The van der Waals surface area contributed by atoms with Crippen molar-refractivity contribution in [3.05, 3.63) is 29.0 Å². The SMILES string of the molecule is CC(O)C(C)N(C)c1nc(Nc2ccc(S(=O)(=O)O)nc2)ncc1Br. The molecule has 0 amide bonds. The van der Waals surface area contributed by atoms with E-state index in [9.17, 15) is 13.5 Å². The van der Waals surface area contributed by atoms with Gasteiger partial charge in [-0.3, -0.25) is 4.55 Å². The van der Waals surface area contributed by atoms with Gasteiger partial charge in [-0.05, 0) is 41.9 Å². The van der Waals surface area contributed by atoms with Crippen molar-refractivity contribution in [1.29, 1.82) is 0 Å². The van der Waals surface area contributed by atoms with E-state index in [1.165, 1.54) is 18.3 Å². The zero-order valence-corrected chi connectivity index (χ0v) is 16.2. The van der Waals surface area contributed by atoms with Crippen molar-refractivity contribution in [1.82, 2.24) is 15.0 Å². The normalized spacial score (nSPS) is 14.0.